The summed E-state index contributed by atoms with van der Waals surface area (Å²) in [6, 6.07) is 8.39. The molecule has 0 bridgehead atoms. The van der Waals surface area contributed by atoms with Crippen LogP contribution in [0.2, 0.25) is 0 Å². The van der Waals surface area contributed by atoms with Crippen LogP contribution in [0.1, 0.15) is 47.3 Å². The quantitative estimate of drug-likeness (QED) is 0.663. The molecule has 1 aliphatic rings. The van der Waals surface area contributed by atoms with Gasteiger partial charge in [-0.15, -0.1) is 0 Å². The third kappa shape index (κ3) is 2.44. The summed E-state index contributed by atoms with van der Waals surface area (Å²) >= 11 is 0. The summed E-state index contributed by atoms with van der Waals surface area (Å²) in [4.78, 5) is 8.98. The van der Waals surface area contributed by atoms with E-state index in [2.05, 4.69) is 27.5 Å². The van der Waals surface area contributed by atoms with E-state index in [1.165, 1.54) is 17.7 Å². The maximum Gasteiger partial charge on any atom is 0.0558 e. The van der Waals surface area contributed by atoms with Gasteiger partial charge in [0.05, 0.1) is 6.04 Å². The predicted octanol–water partition coefficient (Wildman–Crippen LogP) is 2.41. The smallest absolute Gasteiger partial charge is 0.0558 e. The molecule has 2 aromatic rings. The van der Waals surface area contributed by atoms with Crippen LogP contribution in [0.3, 0.4) is 0 Å². The molecular weight excluding hydrogens is 248 g/mol. The Morgan fingerprint density at radius 1 is 1.30 bits per heavy atom. The number of hydrogen-bond donors (Lipinski definition) is 2. The fourth-order valence-corrected chi connectivity index (χ4v) is 3.08. The Labute approximate surface area is 119 Å². The minimum absolute atomic E-state index is 0.0667. The fourth-order valence-electron chi connectivity index (χ4n) is 3.08. The van der Waals surface area contributed by atoms with E-state index in [4.69, 9.17) is 5.84 Å². The zero-order valence-corrected chi connectivity index (χ0v) is 11.7. The first-order chi connectivity index (χ1) is 9.79. The highest BCUT2D eigenvalue weighted by molar-refractivity contribution is 5.30. The van der Waals surface area contributed by atoms with Crippen molar-refractivity contribution in [3.8, 4) is 0 Å². The molecule has 0 spiro atoms. The van der Waals surface area contributed by atoms with Crippen LogP contribution in [0.25, 0.3) is 0 Å². The minimum Gasteiger partial charge on any atom is -0.271 e. The molecule has 1 aliphatic carbocycles. The number of aromatic nitrogens is 2. The molecule has 0 saturated carbocycles. The Kier molecular flexibility index (Phi) is 3.76. The first-order valence-electron chi connectivity index (χ1n) is 7.12. The van der Waals surface area contributed by atoms with Gasteiger partial charge in [-0.1, -0.05) is 12.1 Å². The van der Waals surface area contributed by atoms with Crippen molar-refractivity contribution in [2.24, 2.45) is 5.84 Å². The molecular formula is C16H20N4. The predicted molar refractivity (Wildman–Crippen MR) is 79.0 cm³/mol. The van der Waals surface area contributed by atoms with E-state index in [0.717, 1.165) is 24.1 Å². The summed E-state index contributed by atoms with van der Waals surface area (Å²) in [5, 5.41) is 0. The normalized spacial score (nSPS) is 19.4. The van der Waals surface area contributed by atoms with Crippen LogP contribution < -0.4 is 11.3 Å². The van der Waals surface area contributed by atoms with Gasteiger partial charge in [-0.2, -0.15) is 0 Å². The van der Waals surface area contributed by atoms with Crippen LogP contribution in [-0.2, 0) is 6.42 Å². The van der Waals surface area contributed by atoms with Crippen LogP contribution in [0.4, 0.5) is 0 Å². The highest BCUT2D eigenvalue weighted by Crippen LogP contribution is 2.38. The number of rotatable bonds is 3. The Balaban J connectivity index is 1.96. The molecule has 4 heteroatoms. The fraction of sp³-hybridized carbons (Fsp3) is 0.375. The average Bonchev–Trinajstić information content (AvgIpc) is 2.50. The summed E-state index contributed by atoms with van der Waals surface area (Å²) in [7, 11) is 0. The minimum atomic E-state index is 0.0667. The Morgan fingerprint density at radius 3 is 2.95 bits per heavy atom. The van der Waals surface area contributed by atoms with E-state index >= 15 is 0 Å². The molecule has 3 N–H and O–H groups in total. The molecule has 0 radical (unpaired) electrons. The molecule has 0 saturated heterocycles. The summed E-state index contributed by atoms with van der Waals surface area (Å²) in [5.74, 6) is 6.14. The van der Waals surface area contributed by atoms with Crippen LogP contribution in [0.15, 0.2) is 36.7 Å². The lowest BCUT2D eigenvalue weighted by Crippen LogP contribution is -2.34. The highest BCUT2D eigenvalue weighted by Gasteiger charge is 2.29. The van der Waals surface area contributed by atoms with E-state index in [-0.39, 0.29) is 6.04 Å². The van der Waals surface area contributed by atoms with Crippen molar-refractivity contribution in [3.63, 3.8) is 0 Å². The highest BCUT2D eigenvalue weighted by atomic mass is 15.2. The van der Waals surface area contributed by atoms with Crippen molar-refractivity contribution < 1.29 is 0 Å². The number of hydrazine groups is 1. The second kappa shape index (κ2) is 5.69. The van der Waals surface area contributed by atoms with Crippen LogP contribution >= 0.6 is 0 Å². The maximum absolute atomic E-state index is 5.83. The monoisotopic (exact) mass is 268 g/mol. The number of nitrogens with one attached hydrogen (secondary N) is 1. The number of nitrogens with zero attached hydrogens (tertiary/aromatic N) is 2. The van der Waals surface area contributed by atoms with Gasteiger partial charge in [-0.3, -0.25) is 21.2 Å². The topological polar surface area (TPSA) is 63.8 Å². The summed E-state index contributed by atoms with van der Waals surface area (Å²) in [5.41, 5.74) is 7.65. The first-order valence-corrected chi connectivity index (χ1v) is 7.12. The van der Waals surface area contributed by atoms with Gasteiger partial charge < -0.3 is 0 Å². The van der Waals surface area contributed by atoms with Gasteiger partial charge in [0.25, 0.3) is 0 Å². The third-order valence-electron chi connectivity index (χ3n) is 4.11. The summed E-state index contributed by atoms with van der Waals surface area (Å²) in [6.45, 7) is 1.99. The number of aryl methyl sites for hydroxylation is 2. The van der Waals surface area contributed by atoms with Crippen molar-refractivity contribution in [2.45, 2.75) is 38.1 Å². The number of fused-ring (bicyclic) bond motifs is 1. The maximum atomic E-state index is 5.83. The van der Waals surface area contributed by atoms with Crippen LogP contribution in [0, 0.1) is 6.92 Å². The lowest BCUT2D eigenvalue weighted by molar-refractivity contribution is 0.399. The van der Waals surface area contributed by atoms with E-state index in [0.29, 0.717) is 5.92 Å². The van der Waals surface area contributed by atoms with Gasteiger partial charge >= 0.3 is 0 Å². The van der Waals surface area contributed by atoms with E-state index in [1.54, 1.807) is 0 Å². The van der Waals surface area contributed by atoms with Crippen LogP contribution in [0.5, 0.6) is 0 Å². The summed E-state index contributed by atoms with van der Waals surface area (Å²) < 4.78 is 0. The number of pyridine rings is 2. The molecule has 2 unspecified atom stereocenters. The molecule has 2 heterocycles. The van der Waals surface area contributed by atoms with Gasteiger partial charge in [0, 0.05) is 29.7 Å². The molecule has 0 fully saturated rings. The largest absolute Gasteiger partial charge is 0.271 e. The van der Waals surface area contributed by atoms with Gasteiger partial charge in [0.2, 0.25) is 0 Å². The standard InChI is InChI=1S/C16H20N4/c1-11-7-8-13(10-19-11)16(20-17)14-6-2-4-12-5-3-9-18-15(12)14/h3,5,7-10,14,16,20H,2,4,6,17H2,1H3. The SMILES string of the molecule is Cc1ccc(C(NN)C2CCCc3cccnc32)cn1. The second-order valence-electron chi connectivity index (χ2n) is 5.42. The van der Waals surface area contributed by atoms with Gasteiger partial charge in [0.15, 0.2) is 0 Å². The van der Waals surface area contributed by atoms with Crippen molar-refractivity contribution in [1.82, 2.24) is 15.4 Å². The van der Waals surface area contributed by atoms with Crippen LogP contribution in [-0.4, -0.2) is 9.97 Å². The lowest BCUT2D eigenvalue weighted by atomic mass is 9.80. The van der Waals surface area contributed by atoms with Crippen molar-refractivity contribution in [1.29, 1.82) is 0 Å². The zero-order valence-electron chi connectivity index (χ0n) is 11.7. The van der Waals surface area contributed by atoms with E-state index in [1.807, 2.05) is 31.5 Å². The average molecular weight is 268 g/mol. The summed E-state index contributed by atoms with van der Waals surface area (Å²) in [6.07, 6.45) is 7.19. The number of hydrogen-bond acceptors (Lipinski definition) is 4. The molecule has 20 heavy (non-hydrogen) atoms. The van der Waals surface area contributed by atoms with E-state index in [9.17, 15) is 0 Å². The molecule has 3 rings (SSSR count). The first kappa shape index (κ1) is 13.2. The molecule has 104 valence electrons. The third-order valence-corrected chi connectivity index (χ3v) is 4.11. The molecule has 4 nitrogen and oxygen atoms in total. The molecule has 2 atom stereocenters. The van der Waals surface area contributed by atoms with Gasteiger partial charge in [-0.05, 0) is 49.4 Å². The number of nitrogens with two attached hydrogens (primary N) is 1. The molecule has 0 aliphatic heterocycles. The second-order valence-corrected chi connectivity index (χ2v) is 5.42. The lowest BCUT2D eigenvalue weighted by Gasteiger charge is -2.31. The Morgan fingerprint density at radius 2 is 2.20 bits per heavy atom. The Hall–Kier alpha value is -1.78. The van der Waals surface area contributed by atoms with E-state index < -0.39 is 0 Å². The molecule has 2 aromatic heterocycles. The zero-order chi connectivity index (χ0) is 13.9. The van der Waals surface area contributed by atoms with Gasteiger partial charge in [-0.25, -0.2) is 0 Å². The van der Waals surface area contributed by atoms with Crippen molar-refractivity contribution >= 4 is 0 Å². The Bertz CT molecular complexity index is 579. The van der Waals surface area contributed by atoms with Crippen molar-refractivity contribution in [2.75, 3.05) is 0 Å². The molecule has 0 amide bonds. The van der Waals surface area contributed by atoms with Gasteiger partial charge in [0.1, 0.15) is 0 Å². The molecule has 0 aromatic carbocycles. The van der Waals surface area contributed by atoms with Crippen molar-refractivity contribution in [3.05, 3.63) is 59.2 Å².